The summed E-state index contributed by atoms with van der Waals surface area (Å²) in [5.74, 6) is 0. The van der Waals surface area contributed by atoms with Crippen LogP contribution < -0.4 is 31.3 Å². The van der Waals surface area contributed by atoms with Crippen LogP contribution in [0, 0.1) is 0 Å². The molecule has 0 spiro atoms. The molecule has 0 saturated heterocycles. The molecule has 222 valence electrons. The van der Waals surface area contributed by atoms with Crippen LogP contribution in [0.15, 0.2) is 158 Å². The van der Waals surface area contributed by atoms with Gasteiger partial charge in [-0.1, -0.05) is 185 Å². The standard InChI is InChI=1S/C46H38/c1-33-17-10-11-19-36(4)42(26-16-18-33)46-38(6)21-13-12-20-37(5)45(43-24-14-15-25-44(43)46)41-30-28-34(2)31-40(29-27-35(3)32-41)39-22-8-7-9-23-39/h7-32H,1-6H2. The largest absolute Gasteiger partial charge is 0.0918 e. The Morgan fingerprint density at radius 2 is 0.761 bits per heavy atom. The van der Waals surface area contributed by atoms with E-state index in [1.165, 1.54) is 0 Å². The van der Waals surface area contributed by atoms with E-state index >= 15 is 0 Å². The maximum atomic E-state index is 4.55. The highest BCUT2D eigenvalue weighted by atomic mass is 14.1. The summed E-state index contributed by atoms with van der Waals surface area (Å²) in [6.07, 6.45) is 0. The third kappa shape index (κ3) is 7.56. The molecule has 0 bridgehead atoms. The topological polar surface area (TPSA) is 0 Å². The van der Waals surface area contributed by atoms with Crippen molar-refractivity contribution in [2.24, 2.45) is 0 Å². The molecule has 0 heterocycles. The summed E-state index contributed by atoms with van der Waals surface area (Å²) in [6.45, 7) is 26.4. The van der Waals surface area contributed by atoms with Crippen molar-refractivity contribution in [2.45, 2.75) is 0 Å². The number of rotatable bonds is 3. The fourth-order valence-electron chi connectivity index (χ4n) is 5.50. The molecule has 0 aliphatic carbocycles. The molecule has 0 aliphatic rings. The van der Waals surface area contributed by atoms with Gasteiger partial charge in [-0.25, -0.2) is 0 Å². The monoisotopic (exact) mass is 590 g/mol. The van der Waals surface area contributed by atoms with Gasteiger partial charge in [-0.05, 0) is 87.6 Å². The van der Waals surface area contributed by atoms with E-state index in [0.29, 0.717) is 0 Å². The fraction of sp³-hybridized carbons (Fsp3) is 0. The number of benzene rings is 2. The van der Waals surface area contributed by atoms with E-state index in [4.69, 9.17) is 0 Å². The molecule has 0 atom stereocenters. The molecule has 0 N–H and O–H groups in total. The van der Waals surface area contributed by atoms with Crippen LogP contribution in [0.3, 0.4) is 0 Å². The van der Waals surface area contributed by atoms with Gasteiger partial charge in [-0.15, -0.1) is 0 Å². The highest BCUT2D eigenvalue weighted by Crippen LogP contribution is 2.27. The summed E-state index contributed by atoms with van der Waals surface area (Å²) in [7, 11) is 0. The van der Waals surface area contributed by atoms with Crippen LogP contribution in [-0.2, 0) is 0 Å². The second kappa shape index (κ2) is 14.7. The molecule has 46 heavy (non-hydrogen) atoms. The Morgan fingerprint density at radius 3 is 1.43 bits per heavy atom. The predicted octanol–water partition coefficient (Wildman–Crippen LogP) is 7.68. The average molecular weight is 591 g/mol. The molecule has 0 radical (unpaired) electrons. The van der Waals surface area contributed by atoms with Crippen LogP contribution in [0.1, 0.15) is 0 Å². The van der Waals surface area contributed by atoms with Gasteiger partial charge in [0.05, 0.1) is 0 Å². The highest BCUT2D eigenvalue weighted by molar-refractivity contribution is 6.03. The molecule has 5 rings (SSSR count). The Morgan fingerprint density at radius 1 is 0.283 bits per heavy atom. The van der Waals surface area contributed by atoms with Crippen LogP contribution in [-0.4, -0.2) is 0 Å². The lowest BCUT2D eigenvalue weighted by molar-refractivity contribution is 1.56. The van der Waals surface area contributed by atoms with Gasteiger partial charge in [-0.2, -0.15) is 0 Å². The lowest BCUT2D eigenvalue weighted by Gasteiger charge is -2.10. The third-order valence-electron chi connectivity index (χ3n) is 7.75. The Labute approximate surface area is 271 Å². The van der Waals surface area contributed by atoms with E-state index < -0.39 is 0 Å². The second-order valence-corrected chi connectivity index (χ2v) is 11.2. The minimum Gasteiger partial charge on any atom is -0.0918 e. The van der Waals surface area contributed by atoms with Crippen LogP contribution >= 0.6 is 0 Å². The van der Waals surface area contributed by atoms with Crippen LogP contribution in [0.4, 0.5) is 0 Å². The maximum Gasteiger partial charge on any atom is -0.00328 e. The Hall–Kier alpha value is -5.98. The van der Waals surface area contributed by atoms with Gasteiger partial charge in [-0.3, -0.25) is 0 Å². The van der Waals surface area contributed by atoms with Gasteiger partial charge in [0.2, 0.25) is 0 Å². The zero-order valence-electron chi connectivity index (χ0n) is 26.3. The second-order valence-electron chi connectivity index (χ2n) is 11.2. The molecule has 5 aromatic rings. The van der Waals surface area contributed by atoms with Gasteiger partial charge in [0.25, 0.3) is 0 Å². The Kier molecular flexibility index (Phi) is 10.0. The van der Waals surface area contributed by atoms with Gasteiger partial charge < -0.3 is 0 Å². The van der Waals surface area contributed by atoms with Crippen LogP contribution in [0.25, 0.3) is 83.6 Å². The summed E-state index contributed by atoms with van der Waals surface area (Å²) in [6, 6.07) is 53.4. The molecule has 0 fully saturated rings. The van der Waals surface area contributed by atoms with E-state index in [9.17, 15) is 0 Å². The van der Waals surface area contributed by atoms with Crippen molar-refractivity contribution in [3.05, 3.63) is 189 Å². The normalized spacial score (nSPS) is 10.3. The van der Waals surface area contributed by atoms with E-state index in [1.54, 1.807) is 0 Å². The zero-order chi connectivity index (χ0) is 32.5. The van der Waals surface area contributed by atoms with Crippen molar-refractivity contribution in [3.63, 3.8) is 0 Å². The van der Waals surface area contributed by atoms with E-state index in [1.807, 2.05) is 78.9 Å². The maximum absolute atomic E-state index is 4.55. The van der Waals surface area contributed by atoms with Gasteiger partial charge in [0, 0.05) is 0 Å². The summed E-state index contributed by atoms with van der Waals surface area (Å²) >= 11 is 0. The van der Waals surface area contributed by atoms with Crippen molar-refractivity contribution in [1.82, 2.24) is 0 Å². The van der Waals surface area contributed by atoms with E-state index in [-0.39, 0.29) is 0 Å². The van der Waals surface area contributed by atoms with Gasteiger partial charge in [0.1, 0.15) is 0 Å². The first kappa shape index (κ1) is 31.4. The summed E-state index contributed by atoms with van der Waals surface area (Å²) in [5.41, 5.74) is 6.13. The zero-order valence-corrected chi connectivity index (χ0v) is 26.3. The first-order valence-electron chi connectivity index (χ1n) is 15.2. The number of hydrogen-bond acceptors (Lipinski definition) is 0. The van der Waals surface area contributed by atoms with E-state index in [2.05, 4.69) is 118 Å². The van der Waals surface area contributed by atoms with Crippen molar-refractivity contribution in [3.8, 4) is 33.4 Å². The van der Waals surface area contributed by atoms with Gasteiger partial charge in [0.15, 0.2) is 0 Å². The molecular weight excluding hydrogens is 553 g/mol. The first-order chi connectivity index (χ1) is 22.3. The molecule has 0 aromatic heterocycles. The minimum atomic E-state index is 0.869. The molecule has 5 aromatic carbocycles. The van der Waals surface area contributed by atoms with Crippen molar-refractivity contribution < 1.29 is 0 Å². The fourth-order valence-corrected chi connectivity index (χ4v) is 5.50. The highest BCUT2D eigenvalue weighted by Gasteiger charge is 2.08. The number of hydrogen-bond donors (Lipinski definition) is 0. The molecule has 0 heteroatoms. The Balaban J connectivity index is 1.95. The lowest BCUT2D eigenvalue weighted by Crippen LogP contribution is -2.09. The van der Waals surface area contributed by atoms with Crippen molar-refractivity contribution in [1.29, 1.82) is 0 Å². The average Bonchev–Trinajstić information content (AvgIpc) is 3.05. The summed E-state index contributed by atoms with van der Waals surface area (Å²) < 4.78 is 0. The van der Waals surface area contributed by atoms with Gasteiger partial charge >= 0.3 is 0 Å². The Bertz CT molecular complexity index is 2420. The SMILES string of the molecule is C=c1ccccc(=C)c(-c2c(=C)ccccc(=C)c(-c3ccc(=C)cc(-c4ccccc4)ccc(=C)c3)c3ccccc23)ccc1. The first-order valence-corrected chi connectivity index (χ1v) is 15.2. The minimum absolute atomic E-state index is 0.869. The molecule has 0 aliphatic heterocycles. The lowest BCUT2D eigenvalue weighted by atomic mass is 9.93. The smallest absolute Gasteiger partial charge is 0.00328 e. The van der Waals surface area contributed by atoms with Crippen LogP contribution in [0.5, 0.6) is 0 Å². The van der Waals surface area contributed by atoms with Crippen LogP contribution in [0.2, 0.25) is 0 Å². The molecule has 0 saturated carbocycles. The predicted molar refractivity (Wildman–Crippen MR) is 204 cm³/mol. The molecule has 0 amide bonds. The summed E-state index contributed by atoms with van der Waals surface area (Å²) in [5, 5.41) is 7.36. The number of fused-ring (bicyclic) bond motifs is 1. The third-order valence-corrected chi connectivity index (χ3v) is 7.75. The quantitative estimate of drug-likeness (QED) is 0.202. The molecule has 0 nitrogen and oxygen atoms in total. The van der Waals surface area contributed by atoms with Crippen molar-refractivity contribution in [2.75, 3.05) is 0 Å². The molecular formula is C46H38. The summed E-state index contributed by atoms with van der Waals surface area (Å²) in [4.78, 5) is 0. The van der Waals surface area contributed by atoms with E-state index in [0.717, 1.165) is 75.5 Å². The van der Waals surface area contributed by atoms with Crippen molar-refractivity contribution >= 4 is 50.2 Å². The molecule has 0 unspecified atom stereocenters.